The molecular weight excluding hydrogens is 723 g/mol. The fraction of sp³-hybridized carbons (Fsp3) is 0.422. The molecule has 2 atom stereocenters. The maximum Gasteiger partial charge on any atom is 0.305 e. The van der Waals surface area contributed by atoms with Gasteiger partial charge in [-0.05, 0) is 52.8 Å². The SMILES string of the molecule is CCCCCCCOc1ccc(-c2cnc(-c3ccc(C[C@H](NC(=O)c4ccc(C(C)(C)C)cc4)C(=O)N[C@@H](CC(=O)O)C(=O)N4CCOCC4)cc3)nc2)cc1. The predicted octanol–water partition coefficient (Wildman–Crippen LogP) is 6.62. The second kappa shape index (κ2) is 20.5. The van der Waals surface area contributed by atoms with E-state index in [1.165, 1.54) is 30.6 Å². The molecule has 1 aromatic heterocycles. The normalized spacial score (nSPS) is 14.0. The number of morpholine rings is 1. The van der Waals surface area contributed by atoms with Crippen molar-refractivity contribution in [2.45, 2.75) is 90.1 Å². The van der Waals surface area contributed by atoms with Crippen molar-refractivity contribution in [3.8, 4) is 28.3 Å². The molecule has 1 aliphatic rings. The molecule has 5 rings (SSSR count). The number of nitrogens with one attached hydrogen (secondary N) is 2. The number of carbonyl (C=O) groups is 4. The number of unbranched alkanes of at least 4 members (excludes halogenated alkanes) is 4. The number of nitrogens with zero attached hydrogens (tertiary/aromatic N) is 3. The molecule has 4 aromatic rings. The molecule has 0 aliphatic carbocycles. The van der Waals surface area contributed by atoms with Crippen molar-refractivity contribution in [1.29, 1.82) is 0 Å². The van der Waals surface area contributed by atoms with Crippen LogP contribution in [0.3, 0.4) is 0 Å². The lowest BCUT2D eigenvalue weighted by atomic mass is 9.86. The van der Waals surface area contributed by atoms with Gasteiger partial charge in [0.25, 0.3) is 5.91 Å². The Hall–Kier alpha value is -5.62. The first-order valence-electron chi connectivity index (χ1n) is 19.9. The van der Waals surface area contributed by atoms with E-state index < -0.39 is 42.2 Å². The molecule has 1 saturated heterocycles. The quantitative estimate of drug-likeness (QED) is 0.0945. The fourth-order valence-corrected chi connectivity index (χ4v) is 6.51. The molecule has 12 heteroatoms. The molecule has 0 unspecified atom stereocenters. The first-order valence-corrected chi connectivity index (χ1v) is 19.9. The summed E-state index contributed by atoms with van der Waals surface area (Å²) in [5, 5.41) is 15.1. The van der Waals surface area contributed by atoms with Gasteiger partial charge in [0.2, 0.25) is 11.8 Å². The number of aliphatic carboxylic acids is 1. The van der Waals surface area contributed by atoms with Gasteiger partial charge in [-0.15, -0.1) is 0 Å². The molecule has 0 saturated carbocycles. The van der Waals surface area contributed by atoms with E-state index in [9.17, 15) is 24.3 Å². The van der Waals surface area contributed by atoms with Crippen LogP contribution in [0.15, 0.2) is 85.2 Å². The number of hydrogen-bond acceptors (Lipinski definition) is 8. The third-order valence-corrected chi connectivity index (χ3v) is 9.96. The van der Waals surface area contributed by atoms with Gasteiger partial charge in [-0.1, -0.05) is 102 Å². The largest absolute Gasteiger partial charge is 0.494 e. The van der Waals surface area contributed by atoms with E-state index in [2.05, 4.69) is 48.3 Å². The minimum atomic E-state index is -1.32. The van der Waals surface area contributed by atoms with Crippen molar-refractivity contribution in [3.05, 3.63) is 102 Å². The second-order valence-corrected chi connectivity index (χ2v) is 15.4. The van der Waals surface area contributed by atoms with Gasteiger partial charge in [-0.3, -0.25) is 19.2 Å². The number of amides is 3. The van der Waals surface area contributed by atoms with Crippen molar-refractivity contribution >= 4 is 23.7 Å². The molecule has 0 radical (unpaired) electrons. The lowest BCUT2D eigenvalue weighted by molar-refractivity contribution is -0.145. The zero-order valence-corrected chi connectivity index (χ0v) is 33.5. The van der Waals surface area contributed by atoms with Crippen molar-refractivity contribution in [1.82, 2.24) is 25.5 Å². The highest BCUT2D eigenvalue weighted by Gasteiger charge is 2.32. The Balaban J connectivity index is 1.27. The summed E-state index contributed by atoms with van der Waals surface area (Å²) in [4.78, 5) is 63.2. The summed E-state index contributed by atoms with van der Waals surface area (Å²) in [5.41, 5.74) is 4.62. The number of carbonyl (C=O) groups excluding carboxylic acids is 3. The average molecular weight is 778 g/mol. The highest BCUT2D eigenvalue weighted by atomic mass is 16.5. The van der Waals surface area contributed by atoms with Gasteiger partial charge >= 0.3 is 5.97 Å². The number of ether oxygens (including phenoxy) is 2. The van der Waals surface area contributed by atoms with Gasteiger partial charge in [-0.2, -0.15) is 0 Å². The molecule has 0 spiro atoms. The molecule has 12 nitrogen and oxygen atoms in total. The molecule has 3 aromatic carbocycles. The van der Waals surface area contributed by atoms with Crippen LogP contribution in [0.1, 0.15) is 87.7 Å². The first kappa shape index (κ1) is 42.5. The minimum Gasteiger partial charge on any atom is -0.494 e. The van der Waals surface area contributed by atoms with Gasteiger partial charge < -0.3 is 30.1 Å². The Bertz CT molecular complexity index is 1920. The summed E-state index contributed by atoms with van der Waals surface area (Å²) in [6.07, 6.45) is 8.96. The van der Waals surface area contributed by atoms with Gasteiger partial charge in [0.05, 0.1) is 26.2 Å². The van der Waals surface area contributed by atoms with Crippen LogP contribution in [0.5, 0.6) is 5.75 Å². The molecule has 302 valence electrons. The Morgan fingerprint density at radius 2 is 1.42 bits per heavy atom. The van der Waals surface area contributed by atoms with Crippen LogP contribution in [0.4, 0.5) is 0 Å². The summed E-state index contributed by atoms with van der Waals surface area (Å²) in [6, 6.07) is 20.0. The molecule has 3 N–H and O–H groups in total. The van der Waals surface area contributed by atoms with Crippen molar-refractivity contribution < 1.29 is 33.8 Å². The lowest BCUT2D eigenvalue weighted by Crippen LogP contribution is -2.56. The van der Waals surface area contributed by atoms with Crippen LogP contribution < -0.4 is 15.4 Å². The van der Waals surface area contributed by atoms with E-state index in [1.54, 1.807) is 24.5 Å². The summed E-state index contributed by atoms with van der Waals surface area (Å²) in [6.45, 7) is 10.4. The fourth-order valence-electron chi connectivity index (χ4n) is 6.51. The zero-order valence-electron chi connectivity index (χ0n) is 33.5. The van der Waals surface area contributed by atoms with Gasteiger partial charge in [-0.25, -0.2) is 9.97 Å². The van der Waals surface area contributed by atoms with Crippen LogP contribution in [0.2, 0.25) is 0 Å². The number of aromatic nitrogens is 2. The summed E-state index contributed by atoms with van der Waals surface area (Å²) < 4.78 is 11.2. The molecule has 2 heterocycles. The average Bonchev–Trinajstić information content (AvgIpc) is 3.21. The monoisotopic (exact) mass is 777 g/mol. The predicted molar refractivity (Wildman–Crippen MR) is 219 cm³/mol. The topological polar surface area (TPSA) is 160 Å². The second-order valence-electron chi connectivity index (χ2n) is 15.4. The standard InChI is InChI=1S/C45H55N5O7/c1-5-6-7-8-9-24-57-37-20-16-32(17-21-37)35-29-46-41(47-30-35)33-12-10-31(11-13-33)27-38(48-42(53)34-14-18-36(19-15-34)45(2,3)4)43(54)49-39(28-40(51)52)44(55)50-22-25-56-26-23-50/h10-21,29-30,38-39H,5-9,22-28H2,1-4H3,(H,48,53)(H,49,54)(H,51,52)/t38-,39-/m0/s1. The Labute approximate surface area is 335 Å². The smallest absolute Gasteiger partial charge is 0.305 e. The minimum absolute atomic E-state index is 0.0713. The molecule has 57 heavy (non-hydrogen) atoms. The maximum absolute atomic E-state index is 13.9. The highest BCUT2D eigenvalue weighted by molar-refractivity contribution is 5.99. The molecule has 1 aliphatic heterocycles. The van der Waals surface area contributed by atoms with Gasteiger partial charge in [0.15, 0.2) is 5.82 Å². The van der Waals surface area contributed by atoms with E-state index in [0.29, 0.717) is 31.2 Å². The van der Waals surface area contributed by atoms with E-state index in [4.69, 9.17) is 9.47 Å². The maximum atomic E-state index is 13.9. The Kier molecular flexibility index (Phi) is 15.3. The number of benzene rings is 3. The molecule has 3 amide bonds. The van der Waals surface area contributed by atoms with Crippen molar-refractivity contribution in [2.75, 3.05) is 32.9 Å². The van der Waals surface area contributed by atoms with E-state index in [-0.39, 0.29) is 24.9 Å². The number of carboxylic acids is 1. The third kappa shape index (κ3) is 12.7. The van der Waals surface area contributed by atoms with E-state index in [1.807, 2.05) is 60.7 Å². The highest BCUT2D eigenvalue weighted by Crippen LogP contribution is 2.25. The number of hydrogen-bond donors (Lipinski definition) is 3. The van der Waals surface area contributed by atoms with Crippen LogP contribution >= 0.6 is 0 Å². The van der Waals surface area contributed by atoms with E-state index in [0.717, 1.165) is 40.0 Å². The number of rotatable bonds is 18. The van der Waals surface area contributed by atoms with Gasteiger partial charge in [0, 0.05) is 48.6 Å². The summed E-state index contributed by atoms with van der Waals surface area (Å²) >= 11 is 0. The van der Waals surface area contributed by atoms with Crippen LogP contribution in [-0.2, 0) is 31.0 Å². The first-order chi connectivity index (χ1) is 27.4. The third-order valence-electron chi connectivity index (χ3n) is 9.96. The van der Waals surface area contributed by atoms with Crippen LogP contribution in [-0.4, -0.2) is 88.7 Å². The van der Waals surface area contributed by atoms with Crippen molar-refractivity contribution in [2.24, 2.45) is 0 Å². The van der Waals surface area contributed by atoms with Crippen LogP contribution in [0.25, 0.3) is 22.5 Å². The zero-order chi connectivity index (χ0) is 40.8. The van der Waals surface area contributed by atoms with E-state index >= 15 is 0 Å². The summed E-state index contributed by atoms with van der Waals surface area (Å²) in [7, 11) is 0. The van der Waals surface area contributed by atoms with Crippen LogP contribution in [0, 0.1) is 0 Å². The lowest BCUT2D eigenvalue weighted by Gasteiger charge is -2.31. The molecule has 0 bridgehead atoms. The van der Waals surface area contributed by atoms with Gasteiger partial charge in [0.1, 0.15) is 17.8 Å². The Morgan fingerprint density at radius 3 is 2.04 bits per heavy atom. The Morgan fingerprint density at radius 1 is 0.789 bits per heavy atom. The molecule has 1 fully saturated rings. The van der Waals surface area contributed by atoms with Crippen molar-refractivity contribution in [3.63, 3.8) is 0 Å². The molecular formula is C45H55N5O7. The summed E-state index contributed by atoms with van der Waals surface area (Å²) in [5.74, 6) is -1.54. The number of carboxylic acid groups (broad SMARTS) is 1.